The van der Waals surface area contributed by atoms with Crippen LogP contribution in [0.4, 0.5) is 0 Å². The second-order valence-corrected chi connectivity index (χ2v) is 9.22. The average Bonchev–Trinajstić information content (AvgIpc) is 3.09. The summed E-state index contributed by atoms with van der Waals surface area (Å²) in [5, 5.41) is 31.7. The molecule has 1 saturated heterocycles. The Labute approximate surface area is 189 Å². The first-order valence-corrected chi connectivity index (χ1v) is 10.8. The normalized spacial score (nSPS) is 32.2. The Hall–Kier alpha value is -3.11. The van der Waals surface area contributed by atoms with Gasteiger partial charge in [0.15, 0.2) is 17.6 Å². The van der Waals surface area contributed by atoms with Crippen molar-refractivity contribution in [2.45, 2.75) is 61.9 Å². The molecule has 5 rings (SSSR count). The molecule has 33 heavy (non-hydrogen) atoms. The maximum Gasteiger partial charge on any atom is 0.353 e. The molecule has 0 radical (unpaired) electrons. The molecular formula is C23H25NO9. The lowest BCUT2D eigenvalue weighted by Gasteiger charge is -2.61. The molecule has 1 aromatic rings. The Kier molecular flexibility index (Phi) is 4.74. The van der Waals surface area contributed by atoms with Gasteiger partial charge >= 0.3 is 17.9 Å². The number of carbonyl (C=O) groups excluding carboxylic acids is 2. The number of carboxylic acid groups (broad SMARTS) is 1. The molecule has 3 N–H and O–H groups in total. The number of rotatable bonds is 5. The van der Waals surface area contributed by atoms with Gasteiger partial charge in [-0.3, -0.25) is 9.59 Å². The van der Waals surface area contributed by atoms with E-state index in [2.05, 4.69) is 4.90 Å². The molecule has 0 saturated carbocycles. The molecule has 0 amide bonds. The molecule has 0 unspecified atom stereocenters. The van der Waals surface area contributed by atoms with Crippen molar-refractivity contribution < 1.29 is 43.9 Å². The van der Waals surface area contributed by atoms with Crippen LogP contribution in [0.1, 0.15) is 37.3 Å². The number of phenols is 1. The van der Waals surface area contributed by atoms with E-state index in [9.17, 15) is 24.6 Å². The lowest BCUT2D eigenvalue weighted by molar-refractivity contribution is -0.177. The minimum absolute atomic E-state index is 0.0633. The third kappa shape index (κ3) is 2.90. The molecule has 2 aliphatic carbocycles. The molecule has 10 heteroatoms. The molecule has 0 aromatic heterocycles. The van der Waals surface area contributed by atoms with Crippen LogP contribution in [0.5, 0.6) is 11.5 Å². The number of hydrogen-bond acceptors (Lipinski definition) is 9. The fraction of sp³-hybridized carbons (Fsp3) is 0.522. The highest BCUT2D eigenvalue weighted by Crippen LogP contribution is 2.65. The van der Waals surface area contributed by atoms with Crippen molar-refractivity contribution in [1.29, 1.82) is 0 Å². The van der Waals surface area contributed by atoms with E-state index in [-0.39, 0.29) is 29.7 Å². The van der Waals surface area contributed by atoms with Crippen molar-refractivity contribution in [3.63, 3.8) is 0 Å². The highest BCUT2D eigenvalue weighted by Gasteiger charge is 2.72. The lowest BCUT2D eigenvalue weighted by atomic mass is 9.50. The molecule has 2 aliphatic heterocycles. The van der Waals surface area contributed by atoms with E-state index >= 15 is 0 Å². The van der Waals surface area contributed by atoms with Crippen molar-refractivity contribution in [2.24, 2.45) is 0 Å². The summed E-state index contributed by atoms with van der Waals surface area (Å²) in [6, 6.07) is 3.19. The predicted molar refractivity (Wildman–Crippen MR) is 110 cm³/mol. The molecule has 1 fully saturated rings. The summed E-state index contributed by atoms with van der Waals surface area (Å²) in [5.74, 6) is -2.86. The Morgan fingerprint density at radius 3 is 2.79 bits per heavy atom. The van der Waals surface area contributed by atoms with Gasteiger partial charge in [0.05, 0.1) is 17.4 Å². The van der Waals surface area contributed by atoms with Crippen molar-refractivity contribution in [3.05, 3.63) is 35.1 Å². The number of phenolic OH excluding ortho intramolecular Hbond substituents is 1. The quantitative estimate of drug-likeness (QED) is 0.536. The summed E-state index contributed by atoms with van der Waals surface area (Å²) in [4.78, 5) is 37.4. The van der Waals surface area contributed by atoms with Crippen LogP contribution in [0.15, 0.2) is 24.0 Å². The zero-order chi connectivity index (χ0) is 23.7. The van der Waals surface area contributed by atoms with E-state index < -0.39 is 47.6 Å². The van der Waals surface area contributed by atoms with E-state index in [0.717, 1.165) is 18.1 Å². The first-order valence-electron chi connectivity index (χ1n) is 10.8. The molecule has 2 heterocycles. The van der Waals surface area contributed by atoms with Crippen molar-refractivity contribution in [2.75, 3.05) is 13.6 Å². The molecule has 5 atom stereocenters. The fourth-order valence-electron chi connectivity index (χ4n) is 6.15. The Bertz CT molecular complexity index is 1080. The Balaban J connectivity index is 1.56. The Morgan fingerprint density at radius 2 is 2.09 bits per heavy atom. The van der Waals surface area contributed by atoms with E-state index in [0.29, 0.717) is 19.4 Å². The van der Waals surface area contributed by atoms with Crippen LogP contribution in [-0.4, -0.2) is 75.6 Å². The number of hydrogen-bond donors (Lipinski definition) is 3. The third-order valence-corrected chi connectivity index (χ3v) is 7.50. The second kappa shape index (κ2) is 7.19. The van der Waals surface area contributed by atoms with Crippen LogP contribution in [-0.2, 0) is 35.7 Å². The van der Waals surface area contributed by atoms with Gasteiger partial charge in [-0.1, -0.05) is 6.07 Å². The minimum Gasteiger partial charge on any atom is -0.504 e. The van der Waals surface area contributed by atoms with E-state index in [1.165, 1.54) is 0 Å². The number of likely N-dealkylation sites (tertiary alicyclic amines) is 1. The van der Waals surface area contributed by atoms with Crippen LogP contribution >= 0.6 is 0 Å². The molecule has 4 aliphatic rings. The highest BCUT2D eigenvalue weighted by molar-refractivity contribution is 5.84. The van der Waals surface area contributed by atoms with Crippen LogP contribution in [0.2, 0.25) is 0 Å². The zero-order valence-electron chi connectivity index (χ0n) is 18.2. The first kappa shape index (κ1) is 21.7. The van der Waals surface area contributed by atoms with Gasteiger partial charge in [0.1, 0.15) is 5.76 Å². The summed E-state index contributed by atoms with van der Waals surface area (Å²) in [7, 11) is 1.96. The van der Waals surface area contributed by atoms with Crippen LogP contribution in [0, 0.1) is 0 Å². The number of piperidine rings is 1. The maximum absolute atomic E-state index is 12.8. The largest absolute Gasteiger partial charge is 0.504 e. The summed E-state index contributed by atoms with van der Waals surface area (Å²) >= 11 is 0. The predicted octanol–water partition coefficient (Wildman–Crippen LogP) is 0.619. The number of carbonyl (C=O) groups is 3. The third-order valence-electron chi connectivity index (χ3n) is 7.50. The van der Waals surface area contributed by atoms with Gasteiger partial charge in [0, 0.05) is 24.9 Å². The molecule has 1 aromatic carbocycles. The number of ether oxygens (including phenoxy) is 3. The van der Waals surface area contributed by atoms with Crippen LogP contribution in [0.3, 0.4) is 0 Å². The molecule has 10 nitrogen and oxygen atoms in total. The number of benzene rings is 1. The second-order valence-electron chi connectivity index (χ2n) is 9.22. The van der Waals surface area contributed by atoms with Crippen molar-refractivity contribution in [1.82, 2.24) is 4.90 Å². The van der Waals surface area contributed by atoms with Gasteiger partial charge in [-0.25, -0.2) is 4.79 Å². The minimum atomic E-state index is -1.62. The first-order chi connectivity index (χ1) is 15.6. The van der Waals surface area contributed by atoms with E-state index in [1.807, 2.05) is 13.1 Å². The number of aliphatic carboxylic acids is 1. The van der Waals surface area contributed by atoms with Gasteiger partial charge in [0.25, 0.3) is 0 Å². The smallest absolute Gasteiger partial charge is 0.353 e. The Morgan fingerprint density at radius 1 is 1.33 bits per heavy atom. The number of likely N-dealkylation sites (N-methyl/N-ethyl adjacent to an activating group) is 1. The summed E-state index contributed by atoms with van der Waals surface area (Å²) in [5.41, 5.74) is -0.464. The average molecular weight is 459 g/mol. The van der Waals surface area contributed by atoms with Gasteiger partial charge < -0.3 is 34.4 Å². The van der Waals surface area contributed by atoms with Crippen LogP contribution < -0.4 is 4.74 Å². The van der Waals surface area contributed by atoms with Crippen LogP contribution in [0.25, 0.3) is 0 Å². The lowest BCUT2D eigenvalue weighted by Crippen LogP contribution is -2.74. The summed E-state index contributed by atoms with van der Waals surface area (Å²) < 4.78 is 16.6. The van der Waals surface area contributed by atoms with E-state index in [1.54, 1.807) is 12.1 Å². The molecule has 176 valence electrons. The zero-order valence-corrected chi connectivity index (χ0v) is 18.2. The SMILES string of the molecule is CC(=O)O[C@@H](CC(=O)O)C(=O)OC1=CC[C@@]2(O)[C@@H]3Cc4ccc(O)c5c4[C@@]2(CCN3C)[C@H]1O5. The van der Waals surface area contributed by atoms with Gasteiger partial charge in [-0.05, 0) is 44.1 Å². The highest BCUT2D eigenvalue weighted by atomic mass is 16.6. The number of aliphatic hydroxyl groups is 1. The van der Waals surface area contributed by atoms with Gasteiger partial charge in [-0.15, -0.1) is 0 Å². The fourth-order valence-corrected chi connectivity index (χ4v) is 6.15. The number of nitrogens with zero attached hydrogens (tertiary/aromatic N) is 1. The van der Waals surface area contributed by atoms with Gasteiger partial charge in [-0.2, -0.15) is 0 Å². The number of aromatic hydroxyl groups is 1. The van der Waals surface area contributed by atoms with Crippen molar-refractivity contribution >= 4 is 17.9 Å². The summed E-state index contributed by atoms with van der Waals surface area (Å²) in [6.45, 7) is 1.74. The number of esters is 2. The molecule has 2 bridgehead atoms. The van der Waals surface area contributed by atoms with E-state index in [4.69, 9.17) is 19.3 Å². The number of carboxylic acids is 1. The van der Waals surface area contributed by atoms with Crippen molar-refractivity contribution in [3.8, 4) is 11.5 Å². The standard InChI is InChI=1S/C23H25NO9/c1-11(25)31-15(10-17(27)28)21(29)32-14-5-6-23(30)16-9-12-3-4-13(26)19-18(12)22(23,20(14)33-19)7-8-24(16)2/h3-5,15-16,20,26,30H,6-10H2,1-2H3,(H,27,28)/t15-,16-,20-,22-,23+/m0/s1. The molecular weight excluding hydrogens is 434 g/mol. The van der Waals surface area contributed by atoms with Gasteiger partial charge in [0.2, 0.25) is 6.10 Å². The maximum atomic E-state index is 12.8. The monoisotopic (exact) mass is 459 g/mol. The molecule has 1 spiro atoms. The summed E-state index contributed by atoms with van der Waals surface area (Å²) in [6.07, 6.45) is -0.427. The topological polar surface area (TPSA) is 143 Å².